The lowest BCUT2D eigenvalue weighted by molar-refractivity contribution is 0.0484. The molecular formula is C13H19N3O. The van der Waals surface area contributed by atoms with Crippen LogP contribution in [0.25, 0.3) is 0 Å². The number of nitrogen functional groups attached to an aromatic ring is 1. The van der Waals surface area contributed by atoms with Gasteiger partial charge in [-0.15, -0.1) is 0 Å². The fraction of sp³-hybridized carbons (Fsp3) is 0.615. The Hall–Kier alpha value is -1.47. The van der Waals surface area contributed by atoms with Gasteiger partial charge in [0.2, 0.25) is 0 Å². The third kappa shape index (κ3) is 2.16. The van der Waals surface area contributed by atoms with Crippen LogP contribution < -0.4 is 5.73 Å². The molecule has 17 heavy (non-hydrogen) atoms. The highest BCUT2D eigenvalue weighted by Gasteiger charge is 2.20. The number of ether oxygens (including phenoxy) is 1. The van der Waals surface area contributed by atoms with Gasteiger partial charge in [0.05, 0.1) is 12.2 Å². The molecular weight excluding hydrogens is 214 g/mol. The number of hydrogen-bond donors (Lipinski definition) is 1. The Kier molecular flexibility index (Phi) is 3.39. The molecule has 2 heterocycles. The van der Waals surface area contributed by atoms with E-state index < -0.39 is 0 Å². The van der Waals surface area contributed by atoms with Crippen LogP contribution >= 0.6 is 0 Å². The van der Waals surface area contributed by atoms with Gasteiger partial charge in [0.25, 0.3) is 0 Å². The summed E-state index contributed by atoms with van der Waals surface area (Å²) in [6, 6.07) is 2.18. The summed E-state index contributed by atoms with van der Waals surface area (Å²) in [5.74, 6) is 1.12. The molecule has 0 bridgehead atoms. The van der Waals surface area contributed by atoms with E-state index >= 15 is 0 Å². The topological polar surface area (TPSA) is 64.0 Å². The fourth-order valence-corrected chi connectivity index (χ4v) is 2.48. The van der Waals surface area contributed by atoms with E-state index in [1.165, 1.54) is 6.42 Å². The number of nitriles is 1. The van der Waals surface area contributed by atoms with Crippen LogP contribution in [-0.4, -0.2) is 17.8 Å². The SMILES string of the molecule is Cc1c(C#N)c(N)n(CC2CCCOC2)c1C. The summed E-state index contributed by atoms with van der Waals surface area (Å²) in [6.07, 6.45) is 2.30. The van der Waals surface area contributed by atoms with Crippen molar-refractivity contribution in [3.63, 3.8) is 0 Å². The minimum Gasteiger partial charge on any atom is -0.384 e. The molecule has 4 nitrogen and oxygen atoms in total. The molecule has 0 saturated carbocycles. The van der Waals surface area contributed by atoms with Gasteiger partial charge in [-0.25, -0.2) is 0 Å². The van der Waals surface area contributed by atoms with Crippen LogP contribution in [0.1, 0.15) is 29.7 Å². The minimum atomic E-state index is 0.517. The molecule has 1 aliphatic rings. The summed E-state index contributed by atoms with van der Waals surface area (Å²) in [7, 11) is 0. The molecule has 1 aromatic heterocycles. The summed E-state index contributed by atoms with van der Waals surface area (Å²) in [4.78, 5) is 0. The first kappa shape index (κ1) is 12.0. The smallest absolute Gasteiger partial charge is 0.122 e. The first-order valence-corrected chi connectivity index (χ1v) is 6.08. The van der Waals surface area contributed by atoms with Gasteiger partial charge < -0.3 is 15.0 Å². The van der Waals surface area contributed by atoms with E-state index in [-0.39, 0.29) is 0 Å². The maximum atomic E-state index is 9.07. The lowest BCUT2D eigenvalue weighted by Gasteiger charge is -2.23. The molecule has 1 aliphatic heterocycles. The molecule has 2 N–H and O–H groups in total. The van der Waals surface area contributed by atoms with Gasteiger partial charge in [-0.2, -0.15) is 5.26 Å². The molecule has 2 rings (SSSR count). The molecule has 1 atom stereocenters. The highest BCUT2D eigenvalue weighted by molar-refractivity contribution is 5.57. The number of hydrogen-bond acceptors (Lipinski definition) is 3. The largest absolute Gasteiger partial charge is 0.384 e. The fourth-order valence-electron chi connectivity index (χ4n) is 2.48. The Morgan fingerprint density at radius 3 is 2.82 bits per heavy atom. The Morgan fingerprint density at radius 2 is 2.29 bits per heavy atom. The lowest BCUT2D eigenvalue weighted by Crippen LogP contribution is -2.23. The van der Waals surface area contributed by atoms with Gasteiger partial charge in [0.1, 0.15) is 11.9 Å². The molecule has 1 saturated heterocycles. The van der Waals surface area contributed by atoms with Crippen LogP contribution in [0.4, 0.5) is 5.82 Å². The second-order valence-electron chi connectivity index (χ2n) is 4.78. The van der Waals surface area contributed by atoms with Gasteiger partial charge >= 0.3 is 0 Å². The van der Waals surface area contributed by atoms with Crippen molar-refractivity contribution in [3.8, 4) is 6.07 Å². The maximum absolute atomic E-state index is 9.07. The summed E-state index contributed by atoms with van der Waals surface area (Å²) >= 11 is 0. The average molecular weight is 233 g/mol. The number of nitrogens with zero attached hydrogens (tertiary/aromatic N) is 2. The first-order chi connectivity index (χ1) is 8.15. The maximum Gasteiger partial charge on any atom is 0.122 e. The summed E-state index contributed by atoms with van der Waals surface area (Å²) in [5, 5.41) is 9.07. The zero-order valence-corrected chi connectivity index (χ0v) is 10.5. The summed E-state index contributed by atoms with van der Waals surface area (Å²) in [6.45, 7) is 6.52. The van der Waals surface area contributed by atoms with E-state index in [0.29, 0.717) is 17.3 Å². The zero-order valence-electron chi connectivity index (χ0n) is 10.5. The monoisotopic (exact) mass is 233 g/mol. The van der Waals surface area contributed by atoms with Crippen molar-refractivity contribution in [2.24, 2.45) is 5.92 Å². The van der Waals surface area contributed by atoms with E-state index in [9.17, 15) is 0 Å². The van der Waals surface area contributed by atoms with Crippen LogP contribution in [0.2, 0.25) is 0 Å². The van der Waals surface area contributed by atoms with E-state index in [1.807, 2.05) is 13.8 Å². The van der Waals surface area contributed by atoms with Crippen LogP contribution in [0.3, 0.4) is 0 Å². The molecule has 0 spiro atoms. The molecule has 4 heteroatoms. The number of nitrogens with two attached hydrogens (primary N) is 1. The van der Waals surface area contributed by atoms with Crippen LogP contribution in [0.5, 0.6) is 0 Å². The lowest BCUT2D eigenvalue weighted by atomic mass is 10.0. The third-order valence-electron chi connectivity index (χ3n) is 3.68. The Labute approximate surface area is 102 Å². The molecule has 1 fully saturated rings. The summed E-state index contributed by atoms with van der Waals surface area (Å²) < 4.78 is 7.54. The molecule has 1 unspecified atom stereocenters. The van der Waals surface area contributed by atoms with Gasteiger partial charge in [0, 0.05) is 24.8 Å². The predicted molar refractivity (Wildman–Crippen MR) is 66.6 cm³/mol. The van der Waals surface area contributed by atoms with Crippen LogP contribution in [0.15, 0.2) is 0 Å². The molecule has 0 amide bonds. The highest BCUT2D eigenvalue weighted by atomic mass is 16.5. The number of rotatable bonds is 2. The van der Waals surface area contributed by atoms with Crippen LogP contribution in [0, 0.1) is 31.1 Å². The molecule has 0 aromatic carbocycles. The second-order valence-corrected chi connectivity index (χ2v) is 4.78. The zero-order chi connectivity index (χ0) is 12.4. The van der Waals surface area contributed by atoms with Gasteiger partial charge in [-0.05, 0) is 32.3 Å². The normalized spacial score (nSPS) is 20.2. The average Bonchev–Trinajstić information content (AvgIpc) is 2.55. The van der Waals surface area contributed by atoms with E-state index in [1.54, 1.807) is 0 Å². The third-order valence-corrected chi connectivity index (χ3v) is 3.68. The summed E-state index contributed by atoms with van der Waals surface area (Å²) in [5.41, 5.74) is 8.76. The Balaban J connectivity index is 2.23. The van der Waals surface area contributed by atoms with Crippen molar-refractivity contribution < 1.29 is 4.74 Å². The Morgan fingerprint density at radius 1 is 1.53 bits per heavy atom. The molecule has 1 aromatic rings. The van der Waals surface area contributed by atoms with Crippen LogP contribution in [-0.2, 0) is 11.3 Å². The van der Waals surface area contributed by atoms with Crippen molar-refractivity contribution in [3.05, 3.63) is 16.8 Å². The second kappa shape index (κ2) is 4.80. The Bertz CT molecular complexity index is 450. The predicted octanol–water partition coefficient (Wildman–Crippen LogP) is 1.99. The molecule has 0 aliphatic carbocycles. The van der Waals surface area contributed by atoms with Crippen molar-refractivity contribution in [2.75, 3.05) is 18.9 Å². The van der Waals surface area contributed by atoms with Gasteiger partial charge in [0.15, 0.2) is 0 Å². The van der Waals surface area contributed by atoms with E-state index in [0.717, 1.165) is 37.4 Å². The van der Waals surface area contributed by atoms with Gasteiger partial charge in [-0.1, -0.05) is 0 Å². The number of anilines is 1. The van der Waals surface area contributed by atoms with Crippen molar-refractivity contribution in [1.82, 2.24) is 4.57 Å². The minimum absolute atomic E-state index is 0.517. The first-order valence-electron chi connectivity index (χ1n) is 6.08. The van der Waals surface area contributed by atoms with Crippen molar-refractivity contribution in [2.45, 2.75) is 33.2 Å². The molecule has 92 valence electrons. The van der Waals surface area contributed by atoms with E-state index in [4.69, 9.17) is 15.7 Å². The van der Waals surface area contributed by atoms with Gasteiger partial charge in [-0.3, -0.25) is 0 Å². The highest BCUT2D eigenvalue weighted by Crippen LogP contribution is 2.26. The standard InChI is InChI=1S/C13H19N3O/c1-9-10(2)16(13(15)12(9)6-14)7-11-4-3-5-17-8-11/h11H,3-5,7-8,15H2,1-2H3. The van der Waals surface area contributed by atoms with E-state index in [2.05, 4.69) is 10.6 Å². The van der Waals surface area contributed by atoms with Crippen molar-refractivity contribution in [1.29, 1.82) is 5.26 Å². The number of aromatic nitrogens is 1. The quantitative estimate of drug-likeness (QED) is 0.849. The van der Waals surface area contributed by atoms with Crippen molar-refractivity contribution >= 4 is 5.82 Å². The molecule has 0 radical (unpaired) electrons.